The Morgan fingerprint density at radius 1 is 0.945 bits per heavy atom. The van der Waals surface area contributed by atoms with Gasteiger partial charge in [-0.15, -0.1) is 0 Å². The van der Waals surface area contributed by atoms with E-state index < -0.39 is 30.1 Å². The van der Waals surface area contributed by atoms with Gasteiger partial charge >= 0.3 is 30.3 Å². The molecule has 55 heavy (non-hydrogen) atoms. The van der Waals surface area contributed by atoms with E-state index in [4.69, 9.17) is 41.1 Å². The van der Waals surface area contributed by atoms with E-state index >= 15 is 4.39 Å². The summed E-state index contributed by atoms with van der Waals surface area (Å²) in [6.07, 6.45) is -2.14. The molecule has 1 aliphatic carbocycles. The largest absolute Gasteiger partial charge is 0.490 e. The number of halogens is 8. The predicted octanol–water partition coefficient (Wildman–Crippen LogP) is 7.12. The molecule has 2 aromatic carbocycles. The zero-order chi connectivity index (χ0) is 39.9. The van der Waals surface area contributed by atoms with Crippen LogP contribution >= 0.6 is 11.6 Å². The Morgan fingerprint density at radius 3 is 2.15 bits per heavy atom. The first-order chi connectivity index (χ1) is 25.9. The zero-order valence-corrected chi connectivity index (χ0v) is 29.6. The van der Waals surface area contributed by atoms with Crippen LogP contribution in [0.1, 0.15) is 38.5 Å². The molecule has 5 heterocycles. The molecule has 4 aliphatic rings. The first-order valence-corrected chi connectivity index (χ1v) is 17.7. The molecule has 8 rings (SSSR count). The number of aliphatic hydroxyl groups is 1. The molecule has 3 aliphatic heterocycles. The Hall–Kier alpha value is -4.55. The smallest absolute Gasteiger partial charge is 0.475 e. The summed E-state index contributed by atoms with van der Waals surface area (Å²) in [6, 6.07) is 11.6. The number of benzene rings is 2. The average molecular weight is 802 g/mol. The summed E-state index contributed by atoms with van der Waals surface area (Å²) in [4.78, 5) is 36.7. The third-order valence-electron chi connectivity index (χ3n) is 10.5. The second-order valence-electron chi connectivity index (χ2n) is 14.1. The van der Waals surface area contributed by atoms with E-state index in [1.54, 1.807) is 6.20 Å². The zero-order valence-electron chi connectivity index (χ0n) is 28.9. The summed E-state index contributed by atoms with van der Waals surface area (Å²) < 4.78 is 86.5. The number of carboxylic acid groups (broad SMARTS) is 2. The predicted molar refractivity (Wildman–Crippen MR) is 185 cm³/mol. The summed E-state index contributed by atoms with van der Waals surface area (Å²) in [6.45, 7) is 3.58. The molecule has 2 bridgehead atoms. The van der Waals surface area contributed by atoms with Gasteiger partial charge in [-0.05, 0) is 61.9 Å². The minimum Gasteiger partial charge on any atom is -0.475 e. The minimum atomic E-state index is -5.08. The molecule has 11 nitrogen and oxygen atoms in total. The highest BCUT2D eigenvalue weighted by Crippen LogP contribution is 2.43. The normalized spacial score (nSPS) is 23.5. The lowest BCUT2D eigenvalue weighted by molar-refractivity contribution is -0.193. The van der Waals surface area contributed by atoms with Gasteiger partial charge in [0.25, 0.3) is 0 Å². The summed E-state index contributed by atoms with van der Waals surface area (Å²) >= 11 is 6.60. The van der Waals surface area contributed by atoms with E-state index in [1.807, 2.05) is 36.4 Å². The SMILES string of the molecule is O=C(O)C(F)(F)F.O=C(O)C(F)(F)F.OCC12CCCN1CC(Oc1nc(N3CC4CCC(C4)C3)c3cnc(-c4cccc5cccc(Cl)c45)c(F)c3n1)C2. The van der Waals surface area contributed by atoms with Crippen molar-refractivity contribution < 1.29 is 60.4 Å². The standard InChI is InChI=1S/C32H33ClFN5O2.2C2HF3O2/c33-25-7-2-5-21-4-1-6-23(26(21)25)28-27(34)29-24(14-35-28)30(38-15-19-8-9-20(12-19)16-38)37-31(36-29)41-22-13-32(18-40)10-3-11-39(32)17-22;2*3-2(4,5)1(6)7/h1-2,4-7,14,19-20,22,40H,3,8-13,15-18H2;2*(H,6,7). The van der Waals surface area contributed by atoms with Crippen molar-refractivity contribution >= 4 is 51.0 Å². The Balaban J connectivity index is 0.000000315. The van der Waals surface area contributed by atoms with Crippen LogP contribution in [0.5, 0.6) is 6.01 Å². The Kier molecular flexibility index (Phi) is 11.3. The van der Waals surface area contributed by atoms with Crippen molar-refractivity contribution in [3.63, 3.8) is 0 Å². The highest BCUT2D eigenvalue weighted by Gasteiger charge is 2.49. The molecule has 3 saturated heterocycles. The summed E-state index contributed by atoms with van der Waals surface area (Å²) in [5.41, 5.74) is 0.831. The molecule has 4 aromatic rings. The van der Waals surface area contributed by atoms with Gasteiger partial charge < -0.3 is 25.0 Å². The lowest BCUT2D eigenvalue weighted by Gasteiger charge is -2.33. The maximum Gasteiger partial charge on any atom is 0.490 e. The van der Waals surface area contributed by atoms with Crippen molar-refractivity contribution in [1.29, 1.82) is 0 Å². The van der Waals surface area contributed by atoms with Gasteiger partial charge in [0.1, 0.15) is 23.1 Å². The molecule has 0 amide bonds. The lowest BCUT2D eigenvalue weighted by atomic mass is 9.94. The van der Waals surface area contributed by atoms with Crippen molar-refractivity contribution in [1.82, 2.24) is 19.9 Å². The maximum absolute atomic E-state index is 16.6. The van der Waals surface area contributed by atoms with E-state index in [0.29, 0.717) is 46.6 Å². The number of carbonyl (C=O) groups is 2. The number of aromatic nitrogens is 3. The van der Waals surface area contributed by atoms with Gasteiger partial charge in [0.15, 0.2) is 5.82 Å². The van der Waals surface area contributed by atoms with E-state index in [1.165, 1.54) is 19.3 Å². The number of rotatable bonds is 5. The Labute approximate surface area is 313 Å². The van der Waals surface area contributed by atoms with Gasteiger partial charge in [-0.25, -0.2) is 14.0 Å². The lowest BCUT2D eigenvalue weighted by Crippen LogP contribution is -2.41. The number of fused-ring (bicyclic) bond motifs is 5. The molecule has 19 heteroatoms. The first-order valence-electron chi connectivity index (χ1n) is 17.3. The van der Waals surface area contributed by atoms with Crippen molar-refractivity contribution in [3.8, 4) is 17.3 Å². The van der Waals surface area contributed by atoms with Crippen molar-refractivity contribution in [2.75, 3.05) is 37.7 Å². The van der Waals surface area contributed by atoms with Crippen molar-refractivity contribution in [2.24, 2.45) is 11.8 Å². The first kappa shape index (κ1) is 40.1. The highest BCUT2D eigenvalue weighted by atomic mass is 35.5. The van der Waals surface area contributed by atoms with Crippen LogP contribution in [0.3, 0.4) is 0 Å². The molecular weight excluding hydrogens is 767 g/mol. The number of pyridine rings is 1. The minimum absolute atomic E-state index is 0.116. The maximum atomic E-state index is 16.6. The Bertz CT molecular complexity index is 2050. The van der Waals surface area contributed by atoms with Gasteiger partial charge in [0, 0.05) is 53.8 Å². The number of hydrogen-bond acceptors (Lipinski definition) is 9. The number of anilines is 1. The Morgan fingerprint density at radius 2 is 1.56 bits per heavy atom. The van der Waals surface area contributed by atoms with Crippen LogP contribution in [0.25, 0.3) is 32.9 Å². The molecule has 3 N–H and O–H groups in total. The third kappa shape index (κ3) is 8.50. The fourth-order valence-electron chi connectivity index (χ4n) is 8.09. The summed E-state index contributed by atoms with van der Waals surface area (Å²) in [7, 11) is 0. The number of ether oxygens (including phenoxy) is 1. The number of piperidine rings is 1. The monoisotopic (exact) mass is 801 g/mol. The molecule has 4 unspecified atom stereocenters. The van der Waals surface area contributed by atoms with Crippen LogP contribution in [-0.4, -0.2) is 104 Å². The van der Waals surface area contributed by atoms with Crippen LogP contribution in [0.15, 0.2) is 42.6 Å². The number of alkyl halides is 6. The van der Waals surface area contributed by atoms with E-state index in [2.05, 4.69) is 19.8 Å². The van der Waals surface area contributed by atoms with Crippen LogP contribution in [0, 0.1) is 17.7 Å². The molecule has 1 saturated carbocycles. The number of aliphatic hydroxyl groups excluding tert-OH is 1. The topological polar surface area (TPSA) is 149 Å². The van der Waals surface area contributed by atoms with E-state index in [0.717, 1.165) is 43.2 Å². The van der Waals surface area contributed by atoms with E-state index in [-0.39, 0.29) is 35.5 Å². The van der Waals surface area contributed by atoms with Crippen molar-refractivity contribution in [2.45, 2.75) is 62.5 Å². The quantitative estimate of drug-likeness (QED) is 0.177. The molecular formula is C36H35ClF7N5O6. The van der Waals surface area contributed by atoms with E-state index in [9.17, 15) is 31.4 Å². The molecule has 2 aromatic heterocycles. The van der Waals surface area contributed by atoms with Gasteiger partial charge in [-0.3, -0.25) is 9.88 Å². The fourth-order valence-corrected chi connectivity index (χ4v) is 8.38. The molecule has 0 radical (unpaired) electrons. The fraction of sp³-hybridized carbons (Fsp3) is 0.472. The van der Waals surface area contributed by atoms with Crippen LogP contribution < -0.4 is 9.64 Å². The molecule has 4 fully saturated rings. The second kappa shape index (κ2) is 15.5. The van der Waals surface area contributed by atoms with Crippen molar-refractivity contribution in [3.05, 3.63) is 53.4 Å². The number of aliphatic carboxylic acids is 2. The van der Waals surface area contributed by atoms with Crippen LogP contribution in [0.2, 0.25) is 5.02 Å². The molecule has 296 valence electrons. The number of hydrogen-bond donors (Lipinski definition) is 3. The third-order valence-corrected chi connectivity index (χ3v) is 10.8. The van der Waals surface area contributed by atoms with Gasteiger partial charge in [-0.1, -0.05) is 41.9 Å². The highest BCUT2D eigenvalue weighted by molar-refractivity contribution is 6.36. The molecule has 4 atom stereocenters. The van der Waals surface area contributed by atoms with Gasteiger partial charge in [0.2, 0.25) is 0 Å². The number of carboxylic acids is 2. The average Bonchev–Trinajstić information content (AvgIpc) is 3.79. The molecule has 0 spiro atoms. The van der Waals surface area contributed by atoms with Gasteiger partial charge in [-0.2, -0.15) is 36.3 Å². The second-order valence-corrected chi connectivity index (χ2v) is 14.5. The van der Waals surface area contributed by atoms with Crippen LogP contribution in [-0.2, 0) is 9.59 Å². The number of nitrogens with zero attached hydrogens (tertiary/aromatic N) is 5. The van der Waals surface area contributed by atoms with Gasteiger partial charge in [0.05, 0.1) is 12.0 Å². The summed E-state index contributed by atoms with van der Waals surface area (Å²) in [5.74, 6) is -4.05. The van der Waals surface area contributed by atoms with Crippen LogP contribution in [0.4, 0.5) is 36.6 Å². The summed E-state index contributed by atoms with van der Waals surface area (Å²) in [5, 5.41) is 27.3.